The van der Waals surface area contributed by atoms with Crippen LogP contribution in [0.4, 0.5) is 37.7 Å². The van der Waals surface area contributed by atoms with Crippen LogP contribution >= 0.6 is 0 Å². The molecule has 0 bridgehead atoms. The molecule has 0 aliphatic carbocycles. The molecule has 0 unspecified atom stereocenters. The highest BCUT2D eigenvalue weighted by Gasteiger charge is 2.72. The minimum absolute atomic E-state index is 0.0400. The van der Waals surface area contributed by atoms with Crippen molar-refractivity contribution in [2.45, 2.75) is 17.8 Å². The SMILES string of the molecule is Nc1ccc(C(F)(F)C(F)(F)C(F)(F)c2ccc(N)cc2)cc1. The number of hydrogen-bond donors (Lipinski definition) is 2. The Hall–Kier alpha value is -2.38. The fourth-order valence-corrected chi connectivity index (χ4v) is 1.94. The molecule has 0 atom stereocenters. The average Bonchev–Trinajstić information content (AvgIpc) is 2.47. The Morgan fingerprint density at radius 3 is 1.04 bits per heavy atom. The topological polar surface area (TPSA) is 52.0 Å². The van der Waals surface area contributed by atoms with Crippen molar-refractivity contribution in [1.82, 2.24) is 0 Å². The minimum Gasteiger partial charge on any atom is -0.399 e. The van der Waals surface area contributed by atoms with Crippen molar-refractivity contribution in [2.24, 2.45) is 0 Å². The number of anilines is 2. The van der Waals surface area contributed by atoms with E-state index in [0.29, 0.717) is 24.3 Å². The molecule has 8 heteroatoms. The van der Waals surface area contributed by atoms with E-state index in [4.69, 9.17) is 11.5 Å². The number of nitrogen functional groups attached to an aromatic ring is 2. The van der Waals surface area contributed by atoms with E-state index in [-0.39, 0.29) is 11.4 Å². The third kappa shape index (κ3) is 2.69. The summed E-state index contributed by atoms with van der Waals surface area (Å²) in [5.74, 6) is -15.9. The molecule has 4 N–H and O–H groups in total. The zero-order valence-corrected chi connectivity index (χ0v) is 11.5. The maximum atomic E-state index is 14.0. The Morgan fingerprint density at radius 1 is 0.522 bits per heavy atom. The lowest BCUT2D eigenvalue weighted by Gasteiger charge is -2.33. The monoisotopic (exact) mass is 334 g/mol. The van der Waals surface area contributed by atoms with Gasteiger partial charge in [0.15, 0.2) is 0 Å². The highest BCUT2D eigenvalue weighted by molar-refractivity contribution is 5.43. The van der Waals surface area contributed by atoms with Crippen molar-refractivity contribution in [3.8, 4) is 0 Å². The number of hydrogen-bond acceptors (Lipinski definition) is 2. The Balaban J connectivity index is 2.49. The van der Waals surface area contributed by atoms with Crippen LogP contribution in [0.15, 0.2) is 48.5 Å². The van der Waals surface area contributed by atoms with E-state index in [1.54, 1.807) is 0 Å². The molecule has 2 rings (SSSR count). The summed E-state index contributed by atoms with van der Waals surface area (Å²) in [4.78, 5) is 0. The van der Waals surface area contributed by atoms with Gasteiger partial charge in [-0.05, 0) is 24.3 Å². The van der Waals surface area contributed by atoms with Crippen LogP contribution < -0.4 is 11.5 Å². The first kappa shape index (κ1) is 17.0. The molecule has 2 aromatic rings. The maximum absolute atomic E-state index is 14.0. The van der Waals surface area contributed by atoms with Gasteiger partial charge in [-0.15, -0.1) is 0 Å². The molecule has 0 radical (unpaired) electrons. The molecule has 0 aliphatic rings. The molecule has 2 aromatic carbocycles. The van der Waals surface area contributed by atoms with Gasteiger partial charge in [0.25, 0.3) is 0 Å². The second kappa shape index (κ2) is 5.36. The van der Waals surface area contributed by atoms with Gasteiger partial charge in [0.2, 0.25) is 0 Å². The fourth-order valence-electron chi connectivity index (χ4n) is 1.94. The summed E-state index contributed by atoms with van der Waals surface area (Å²) in [6.45, 7) is 0. The standard InChI is InChI=1S/C15H12F6N2/c16-13(17,9-1-5-11(22)6-2-9)15(20,21)14(18,19)10-3-7-12(23)8-4-10/h1-8H,22-23H2. The Labute approximate surface area is 127 Å². The van der Waals surface area contributed by atoms with E-state index in [0.717, 1.165) is 24.3 Å². The molecule has 0 aliphatic heterocycles. The van der Waals surface area contributed by atoms with Gasteiger partial charge in [-0.2, -0.15) is 26.3 Å². The number of benzene rings is 2. The van der Waals surface area contributed by atoms with E-state index in [9.17, 15) is 26.3 Å². The first-order valence-corrected chi connectivity index (χ1v) is 6.35. The molecule has 23 heavy (non-hydrogen) atoms. The summed E-state index contributed by atoms with van der Waals surface area (Å²) >= 11 is 0. The quantitative estimate of drug-likeness (QED) is 0.644. The van der Waals surface area contributed by atoms with Crippen LogP contribution in [0.1, 0.15) is 11.1 Å². The van der Waals surface area contributed by atoms with Gasteiger partial charge < -0.3 is 11.5 Å². The molecule has 0 aromatic heterocycles. The van der Waals surface area contributed by atoms with Crippen molar-refractivity contribution in [3.63, 3.8) is 0 Å². The van der Waals surface area contributed by atoms with Crippen LogP contribution in [-0.4, -0.2) is 5.92 Å². The molecule has 0 heterocycles. The summed E-state index contributed by atoms with van der Waals surface area (Å²) in [5, 5.41) is 0. The normalized spacial score (nSPS) is 13.1. The van der Waals surface area contributed by atoms with Crippen LogP contribution in [0.3, 0.4) is 0 Å². The highest BCUT2D eigenvalue weighted by Crippen LogP contribution is 2.55. The molecule has 0 fully saturated rings. The van der Waals surface area contributed by atoms with E-state index in [2.05, 4.69) is 0 Å². The predicted molar refractivity (Wildman–Crippen MR) is 74.4 cm³/mol. The Morgan fingerprint density at radius 2 is 0.783 bits per heavy atom. The fraction of sp³-hybridized carbons (Fsp3) is 0.200. The van der Waals surface area contributed by atoms with Gasteiger partial charge in [-0.25, -0.2) is 0 Å². The van der Waals surface area contributed by atoms with Crippen LogP contribution in [0.25, 0.3) is 0 Å². The van der Waals surface area contributed by atoms with E-state index in [1.807, 2.05) is 0 Å². The van der Waals surface area contributed by atoms with Gasteiger partial charge >= 0.3 is 17.8 Å². The third-order valence-corrected chi connectivity index (χ3v) is 3.34. The molecule has 124 valence electrons. The second-order valence-electron chi connectivity index (χ2n) is 4.97. The van der Waals surface area contributed by atoms with Gasteiger partial charge in [0.05, 0.1) is 0 Å². The lowest BCUT2D eigenvalue weighted by Crippen LogP contribution is -2.50. The van der Waals surface area contributed by atoms with Crippen LogP contribution in [0, 0.1) is 0 Å². The van der Waals surface area contributed by atoms with E-state index < -0.39 is 28.9 Å². The zero-order valence-electron chi connectivity index (χ0n) is 11.5. The molecule has 0 amide bonds. The predicted octanol–water partition coefficient (Wildman–Crippen LogP) is 4.37. The third-order valence-electron chi connectivity index (χ3n) is 3.34. The van der Waals surface area contributed by atoms with Gasteiger partial charge in [-0.3, -0.25) is 0 Å². The number of rotatable bonds is 4. The number of halogens is 6. The van der Waals surface area contributed by atoms with Crippen molar-refractivity contribution in [1.29, 1.82) is 0 Å². The smallest absolute Gasteiger partial charge is 0.380 e. The zero-order chi connectivity index (χ0) is 17.5. The number of alkyl halides is 6. The average molecular weight is 334 g/mol. The Kier molecular flexibility index (Phi) is 3.96. The molecule has 0 spiro atoms. The lowest BCUT2D eigenvalue weighted by atomic mass is 9.92. The van der Waals surface area contributed by atoms with Crippen LogP contribution in [0.2, 0.25) is 0 Å². The maximum Gasteiger partial charge on any atom is 0.380 e. The summed E-state index contributed by atoms with van der Waals surface area (Å²) in [6.07, 6.45) is 0. The molecular formula is C15H12F6N2. The summed E-state index contributed by atoms with van der Waals surface area (Å²) in [5.41, 5.74) is 8.12. The molecule has 0 saturated heterocycles. The van der Waals surface area contributed by atoms with Crippen molar-refractivity contribution in [3.05, 3.63) is 59.7 Å². The van der Waals surface area contributed by atoms with E-state index >= 15 is 0 Å². The lowest BCUT2D eigenvalue weighted by molar-refractivity contribution is -0.321. The van der Waals surface area contributed by atoms with Crippen molar-refractivity contribution < 1.29 is 26.3 Å². The largest absolute Gasteiger partial charge is 0.399 e. The van der Waals surface area contributed by atoms with Crippen molar-refractivity contribution in [2.75, 3.05) is 11.5 Å². The van der Waals surface area contributed by atoms with Gasteiger partial charge in [-0.1, -0.05) is 24.3 Å². The Bertz CT molecular complexity index is 621. The second-order valence-corrected chi connectivity index (χ2v) is 4.97. The van der Waals surface area contributed by atoms with Crippen molar-refractivity contribution >= 4 is 11.4 Å². The molecular weight excluding hydrogens is 322 g/mol. The molecule has 2 nitrogen and oxygen atoms in total. The summed E-state index contributed by atoms with van der Waals surface area (Å²) < 4.78 is 84.1. The number of nitrogens with two attached hydrogens (primary N) is 2. The first-order chi connectivity index (χ1) is 10.5. The summed E-state index contributed by atoms with van der Waals surface area (Å²) in [6, 6.07) is 6.07. The molecule has 0 saturated carbocycles. The first-order valence-electron chi connectivity index (χ1n) is 6.35. The van der Waals surface area contributed by atoms with Crippen LogP contribution in [-0.2, 0) is 11.8 Å². The van der Waals surface area contributed by atoms with Gasteiger partial charge in [0, 0.05) is 22.5 Å². The summed E-state index contributed by atoms with van der Waals surface area (Å²) in [7, 11) is 0. The van der Waals surface area contributed by atoms with Gasteiger partial charge in [0.1, 0.15) is 0 Å². The van der Waals surface area contributed by atoms with Crippen LogP contribution in [0.5, 0.6) is 0 Å². The highest BCUT2D eigenvalue weighted by atomic mass is 19.3. The van der Waals surface area contributed by atoms with E-state index in [1.165, 1.54) is 0 Å². The minimum atomic E-state index is -5.66.